The van der Waals surface area contributed by atoms with E-state index in [1.165, 1.54) is 6.42 Å². The lowest BCUT2D eigenvalue weighted by atomic mass is 9.46. The van der Waals surface area contributed by atoms with Crippen molar-refractivity contribution in [2.24, 2.45) is 34.5 Å². The number of carbonyl (C=O) groups is 1. The molecule has 2 unspecified atom stereocenters. The molecule has 4 aliphatic carbocycles. The summed E-state index contributed by atoms with van der Waals surface area (Å²) in [5, 5.41) is 9.55. The minimum Gasteiger partial charge on any atom is -0.476 e. The second kappa shape index (κ2) is 8.04. The standard InChI is InChI=1S/C28H45FO3Si/c1-17-15-18-16-19(32-33(7,8)26(2,3)4)11-13-27(18,5)21-12-14-28(6)20(23(17)21)9-10-22(28)24(29)25(30)31/h15,17,19-21,23H,9-14,16H2,1-8H3,(H,30,31)/t17?,19?,20-,21-,23-,27-,28-/m0/s1. The van der Waals surface area contributed by atoms with Gasteiger partial charge in [-0.1, -0.05) is 53.2 Å². The fraction of sp³-hybridized carbons (Fsp3) is 0.821. The lowest BCUT2D eigenvalue weighted by molar-refractivity contribution is -0.134. The summed E-state index contributed by atoms with van der Waals surface area (Å²) in [6, 6.07) is 0. The van der Waals surface area contributed by atoms with E-state index in [2.05, 4.69) is 60.7 Å². The van der Waals surface area contributed by atoms with Crippen LogP contribution in [0.5, 0.6) is 0 Å². The second-order valence-corrected chi connectivity index (χ2v) is 18.4. The molecule has 0 aliphatic heterocycles. The van der Waals surface area contributed by atoms with Crippen LogP contribution in [-0.2, 0) is 9.22 Å². The van der Waals surface area contributed by atoms with E-state index in [9.17, 15) is 14.3 Å². The maximum Gasteiger partial charge on any atom is 0.364 e. The molecule has 0 saturated heterocycles. The van der Waals surface area contributed by atoms with Crippen LogP contribution in [0.1, 0.15) is 86.5 Å². The normalized spacial score (nSPS) is 42.7. The average molecular weight is 477 g/mol. The van der Waals surface area contributed by atoms with Gasteiger partial charge in [0.2, 0.25) is 5.83 Å². The summed E-state index contributed by atoms with van der Waals surface area (Å²) in [5.74, 6) is -0.336. The molecule has 0 heterocycles. The Kier molecular flexibility index (Phi) is 6.13. The molecule has 33 heavy (non-hydrogen) atoms. The zero-order chi connectivity index (χ0) is 24.6. The molecule has 3 fully saturated rings. The van der Waals surface area contributed by atoms with Crippen molar-refractivity contribution < 1.29 is 18.7 Å². The summed E-state index contributed by atoms with van der Waals surface area (Å²) in [6.07, 6.45) is 9.72. The minimum atomic E-state index is -1.80. The van der Waals surface area contributed by atoms with Gasteiger partial charge in [0.15, 0.2) is 8.32 Å². The van der Waals surface area contributed by atoms with E-state index in [1.54, 1.807) is 5.57 Å². The van der Waals surface area contributed by atoms with Gasteiger partial charge >= 0.3 is 5.97 Å². The molecule has 0 aromatic heterocycles. The molecule has 4 aliphatic rings. The Morgan fingerprint density at radius 3 is 2.33 bits per heavy atom. The summed E-state index contributed by atoms with van der Waals surface area (Å²) in [4.78, 5) is 11.4. The summed E-state index contributed by atoms with van der Waals surface area (Å²) in [5.41, 5.74) is 2.07. The molecule has 0 aromatic rings. The lowest BCUT2D eigenvalue weighted by Gasteiger charge is -2.59. The Balaban J connectivity index is 1.61. The summed E-state index contributed by atoms with van der Waals surface area (Å²) < 4.78 is 21.5. The van der Waals surface area contributed by atoms with E-state index in [-0.39, 0.29) is 15.9 Å². The van der Waals surface area contributed by atoms with Crippen molar-refractivity contribution in [3.05, 3.63) is 23.0 Å². The maximum absolute atomic E-state index is 14.6. The SMILES string of the molecule is CC1C=C2CC(O[Si](C)(C)C(C)(C)C)CC[C@]2(C)[C@H]2CC[C@]3(C)C(=C(F)C(=O)O)CC[C@H]3[C@H]12. The van der Waals surface area contributed by atoms with Crippen molar-refractivity contribution in [2.45, 2.75) is 111 Å². The third-order valence-corrected chi connectivity index (χ3v) is 15.4. The number of rotatable bonds is 3. The van der Waals surface area contributed by atoms with Crippen LogP contribution in [0.25, 0.3) is 0 Å². The topological polar surface area (TPSA) is 46.5 Å². The van der Waals surface area contributed by atoms with Crippen LogP contribution in [-0.4, -0.2) is 25.5 Å². The van der Waals surface area contributed by atoms with Gasteiger partial charge in [0.25, 0.3) is 0 Å². The zero-order valence-electron chi connectivity index (χ0n) is 22.1. The monoisotopic (exact) mass is 476 g/mol. The maximum atomic E-state index is 14.6. The molecule has 3 nitrogen and oxygen atoms in total. The van der Waals surface area contributed by atoms with Crippen LogP contribution < -0.4 is 0 Å². The molecule has 5 heteroatoms. The van der Waals surface area contributed by atoms with Crippen LogP contribution in [0.15, 0.2) is 23.0 Å². The predicted molar refractivity (Wildman–Crippen MR) is 134 cm³/mol. The van der Waals surface area contributed by atoms with Gasteiger partial charge in [0.05, 0.1) is 0 Å². The van der Waals surface area contributed by atoms with Crippen molar-refractivity contribution in [1.29, 1.82) is 0 Å². The van der Waals surface area contributed by atoms with Gasteiger partial charge in [-0.2, -0.15) is 4.39 Å². The molecular formula is C28H45FO3Si. The average Bonchev–Trinajstić information content (AvgIpc) is 3.04. The molecule has 0 radical (unpaired) electrons. The first kappa shape index (κ1) is 25.2. The van der Waals surface area contributed by atoms with E-state index in [0.717, 1.165) is 32.1 Å². The Labute approximate surface area is 201 Å². The third kappa shape index (κ3) is 3.89. The number of carboxylic acids is 1. The van der Waals surface area contributed by atoms with Crippen molar-refractivity contribution >= 4 is 14.3 Å². The van der Waals surface area contributed by atoms with Crippen LogP contribution in [0.2, 0.25) is 18.1 Å². The first-order valence-electron chi connectivity index (χ1n) is 13.1. The summed E-state index contributed by atoms with van der Waals surface area (Å²) in [7, 11) is -1.80. The van der Waals surface area contributed by atoms with Crippen LogP contribution in [0.4, 0.5) is 4.39 Å². The Morgan fingerprint density at radius 2 is 1.73 bits per heavy atom. The molecule has 3 saturated carbocycles. The molecule has 7 atom stereocenters. The number of carboxylic acid groups (broad SMARTS) is 1. The van der Waals surface area contributed by atoms with Crippen molar-refractivity contribution in [3.8, 4) is 0 Å². The fourth-order valence-electron chi connectivity index (χ4n) is 7.98. The highest BCUT2D eigenvalue weighted by molar-refractivity contribution is 6.74. The number of hydrogen-bond donors (Lipinski definition) is 1. The number of hydrogen-bond acceptors (Lipinski definition) is 2. The minimum absolute atomic E-state index is 0.198. The number of aliphatic carboxylic acids is 1. The quantitative estimate of drug-likeness (QED) is 0.256. The molecule has 1 N–H and O–H groups in total. The lowest BCUT2D eigenvalue weighted by Crippen LogP contribution is -2.53. The van der Waals surface area contributed by atoms with E-state index < -0.39 is 20.1 Å². The third-order valence-electron chi connectivity index (χ3n) is 10.9. The molecule has 4 rings (SSSR count). The Hall–Kier alpha value is -0.943. The molecule has 0 spiro atoms. The molecule has 0 bridgehead atoms. The van der Waals surface area contributed by atoms with Gasteiger partial charge in [-0.15, -0.1) is 0 Å². The highest BCUT2D eigenvalue weighted by Crippen LogP contribution is 2.67. The van der Waals surface area contributed by atoms with Gasteiger partial charge in [0.1, 0.15) is 0 Å². The van der Waals surface area contributed by atoms with E-state index in [4.69, 9.17) is 4.43 Å². The van der Waals surface area contributed by atoms with Gasteiger partial charge in [0, 0.05) is 6.10 Å². The van der Waals surface area contributed by atoms with E-state index in [0.29, 0.717) is 41.8 Å². The molecule has 0 aromatic carbocycles. The number of allylic oxidation sites excluding steroid dienone is 2. The fourth-order valence-corrected chi connectivity index (χ4v) is 9.37. The first-order valence-corrected chi connectivity index (χ1v) is 16.0. The molecule has 0 amide bonds. The van der Waals surface area contributed by atoms with Gasteiger partial charge in [-0.05, 0) is 103 Å². The molecular weight excluding hydrogens is 431 g/mol. The second-order valence-electron chi connectivity index (χ2n) is 13.6. The van der Waals surface area contributed by atoms with Crippen LogP contribution in [0, 0.1) is 34.5 Å². The Morgan fingerprint density at radius 1 is 1.12 bits per heavy atom. The van der Waals surface area contributed by atoms with Gasteiger partial charge < -0.3 is 9.53 Å². The van der Waals surface area contributed by atoms with Crippen LogP contribution in [0.3, 0.4) is 0 Å². The smallest absolute Gasteiger partial charge is 0.364 e. The Bertz CT molecular complexity index is 884. The van der Waals surface area contributed by atoms with Gasteiger partial charge in [-0.25, -0.2) is 4.79 Å². The highest BCUT2D eigenvalue weighted by Gasteiger charge is 2.60. The van der Waals surface area contributed by atoms with Crippen LogP contribution >= 0.6 is 0 Å². The predicted octanol–water partition coefficient (Wildman–Crippen LogP) is 7.89. The van der Waals surface area contributed by atoms with E-state index >= 15 is 0 Å². The number of fused-ring (bicyclic) bond motifs is 5. The van der Waals surface area contributed by atoms with E-state index in [1.807, 2.05) is 0 Å². The first-order chi connectivity index (χ1) is 15.1. The largest absolute Gasteiger partial charge is 0.476 e. The van der Waals surface area contributed by atoms with Crippen molar-refractivity contribution in [2.75, 3.05) is 0 Å². The number of halogens is 1. The van der Waals surface area contributed by atoms with Crippen molar-refractivity contribution in [3.63, 3.8) is 0 Å². The summed E-state index contributed by atoms with van der Waals surface area (Å²) in [6.45, 7) is 18.6. The summed E-state index contributed by atoms with van der Waals surface area (Å²) >= 11 is 0. The van der Waals surface area contributed by atoms with Crippen molar-refractivity contribution in [1.82, 2.24) is 0 Å². The van der Waals surface area contributed by atoms with Gasteiger partial charge in [-0.3, -0.25) is 0 Å². The molecule has 186 valence electrons. The highest BCUT2D eigenvalue weighted by atomic mass is 28.4. The zero-order valence-corrected chi connectivity index (χ0v) is 23.1.